The molecule has 1 rings (SSSR count). The van der Waals surface area contributed by atoms with Gasteiger partial charge in [0.05, 0.1) is 0 Å². The lowest BCUT2D eigenvalue weighted by Gasteiger charge is -1.82. The Morgan fingerprint density at radius 3 is 1.40 bits per heavy atom. The summed E-state index contributed by atoms with van der Waals surface area (Å²) >= 11 is 0. The third-order valence-electron chi connectivity index (χ3n) is 2.36. The number of nitrogens with zero attached hydrogens (tertiary/aromatic N) is 3. The van der Waals surface area contributed by atoms with E-state index in [-0.39, 0.29) is 0 Å². The second-order valence-corrected chi connectivity index (χ2v) is 2.71. The van der Waals surface area contributed by atoms with E-state index in [9.17, 15) is 0 Å². The number of rotatable bonds is 0. The molecule has 3 nitrogen and oxygen atoms in total. The van der Waals surface area contributed by atoms with Crippen LogP contribution in [0.25, 0.3) is 0 Å². The summed E-state index contributed by atoms with van der Waals surface area (Å²) in [4.78, 5) is 2.07. The summed E-state index contributed by atoms with van der Waals surface area (Å²) in [6.07, 6.45) is 0. The first-order chi connectivity index (χ1) is 4.55. The minimum Gasteiger partial charge on any atom is -0.0603 e. The molecule has 10 heavy (non-hydrogen) atoms. The van der Waals surface area contributed by atoms with E-state index >= 15 is 0 Å². The predicted octanol–water partition coefficient (Wildman–Crippen LogP) is -0.709. The second-order valence-electron chi connectivity index (χ2n) is 2.71. The minimum atomic E-state index is 1.31. The molecule has 0 spiro atoms. The van der Waals surface area contributed by atoms with E-state index in [1.165, 1.54) is 11.4 Å². The molecule has 3 heteroatoms. The smallest absolute Gasteiger partial charge is 0.0603 e. The first kappa shape index (κ1) is 7.25. The molecule has 0 amide bonds. The fourth-order valence-electron chi connectivity index (χ4n) is 1.10. The van der Waals surface area contributed by atoms with Crippen molar-refractivity contribution in [2.24, 2.45) is 21.1 Å². The summed E-state index contributed by atoms with van der Waals surface area (Å²) in [5.41, 5.74) is 2.62. The molecule has 1 heterocycles. The van der Waals surface area contributed by atoms with E-state index in [4.69, 9.17) is 0 Å². The first-order valence-corrected chi connectivity index (χ1v) is 3.44. The summed E-state index contributed by atoms with van der Waals surface area (Å²) < 4.78 is 4.24. The molecule has 1 aromatic rings. The van der Waals surface area contributed by atoms with Gasteiger partial charge in [-0.3, -0.25) is 0 Å². The maximum absolute atomic E-state index is 2.12. The predicted molar refractivity (Wildman–Crippen MR) is 37.2 cm³/mol. The monoisotopic (exact) mass is 141 g/mol. The molecule has 0 aliphatic rings. The van der Waals surface area contributed by atoms with Crippen molar-refractivity contribution in [3.05, 3.63) is 11.4 Å². The SMILES string of the molecule is Cc1c(C)[n+](C)n(C)[n+]1C. The van der Waals surface area contributed by atoms with Gasteiger partial charge in [0.1, 0.15) is 7.05 Å². The third-order valence-corrected chi connectivity index (χ3v) is 2.36. The van der Waals surface area contributed by atoms with Crippen LogP contribution in [-0.2, 0) is 21.1 Å². The molecule has 0 N–H and O–H groups in total. The van der Waals surface area contributed by atoms with Crippen LogP contribution in [0, 0.1) is 13.8 Å². The second kappa shape index (κ2) is 2.08. The topological polar surface area (TPSA) is 12.7 Å². The van der Waals surface area contributed by atoms with Crippen molar-refractivity contribution >= 4 is 0 Å². The Bertz CT molecular complexity index is 180. The fraction of sp³-hybridized carbons (Fsp3) is 0.714. The van der Waals surface area contributed by atoms with Gasteiger partial charge in [-0.25, -0.2) is 0 Å². The number of aromatic nitrogens is 3. The summed E-state index contributed by atoms with van der Waals surface area (Å²) in [5, 5.41) is 0. The van der Waals surface area contributed by atoms with Crippen LogP contribution in [0.3, 0.4) is 0 Å². The molecule has 0 radical (unpaired) electrons. The Morgan fingerprint density at radius 2 is 1.30 bits per heavy atom. The van der Waals surface area contributed by atoms with Crippen LogP contribution in [0.2, 0.25) is 0 Å². The van der Waals surface area contributed by atoms with Crippen LogP contribution < -0.4 is 9.36 Å². The molecular formula is C7H15N3+2. The Morgan fingerprint density at radius 1 is 1.00 bits per heavy atom. The minimum absolute atomic E-state index is 1.31. The van der Waals surface area contributed by atoms with Crippen LogP contribution in [-0.4, -0.2) is 4.80 Å². The van der Waals surface area contributed by atoms with Crippen molar-refractivity contribution in [3.63, 3.8) is 0 Å². The zero-order valence-electron chi connectivity index (χ0n) is 7.34. The van der Waals surface area contributed by atoms with Crippen molar-refractivity contribution < 1.29 is 9.36 Å². The van der Waals surface area contributed by atoms with Crippen LogP contribution >= 0.6 is 0 Å². The van der Waals surface area contributed by atoms with Gasteiger partial charge in [-0.15, -0.1) is 0 Å². The normalized spacial score (nSPS) is 10.5. The Kier molecular flexibility index (Phi) is 1.50. The fourth-order valence-corrected chi connectivity index (χ4v) is 1.10. The highest BCUT2D eigenvalue weighted by Crippen LogP contribution is 1.89. The average Bonchev–Trinajstić information content (AvgIpc) is 2.07. The largest absolute Gasteiger partial charge is 0.276 e. The maximum atomic E-state index is 2.12. The molecule has 0 saturated carbocycles. The van der Waals surface area contributed by atoms with Gasteiger partial charge in [-0.05, 0) is 0 Å². The molecule has 0 aromatic carbocycles. The molecular weight excluding hydrogens is 126 g/mol. The molecule has 0 aliphatic heterocycles. The first-order valence-electron chi connectivity index (χ1n) is 3.44. The molecule has 0 aliphatic carbocycles. The van der Waals surface area contributed by atoms with Crippen molar-refractivity contribution in [2.75, 3.05) is 0 Å². The zero-order valence-corrected chi connectivity index (χ0v) is 7.34. The summed E-state index contributed by atoms with van der Waals surface area (Å²) in [7, 11) is 6.16. The van der Waals surface area contributed by atoms with Gasteiger partial charge in [0.2, 0.25) is 0 Å². The molecule has 56 valence electrons. The summed E-state index contributed by atoms with van der Waals surface area (Å²) in [6.45, 7) is 4.24. The van der Waals surface area contributed by atoms with Crippen LogP contribution in [0.15, 0.2) is 0 Å². The Hall–Kier alpha value is -0.860. The van der Waals surface area contributed by atoms with Crippen LogP contribution in [0.5, 0.6) is 0 Å². The standard InChI is InChI=1S/C7H15N3/c1-6-7(2)9(4)10(5)8(6)3/h1-5H3/q+2. The molecule has 1 aromatic heterocycles. The van der Waals surface area contributed by atoms with Gasteiger partial charge >= 0.3 is 0 Å². The lowest BCUT2D eigenvalue weighted by atomic mass is 10.4. The van der Waals surface area contributed by atoms with Gasteiger partial charge in [-0.1, -0.05) is 9.36 Å². The van der Waals surface area contributed by atoms with Gasteiger partial charge in [0.25, 0.3) is 11.4 Å². The van der Waals surface area contributed by atoms with Crippen molar-refractivity contribution in [3.8, 4) is 0 Å². The van der Waals surface area contributed by atoms with Crippen LogP contribution in [0.4, 0.5) is 0 Å². The molecule has 0 saturated heterocycles. The van der Waals surface area contributed by atoms with Gasteiger partial charge in [0.15, 0.2) is 14.1 Å². The highest BCUT2D eigenvalue weighted by molar-refractivity contribution is 4.91. The van der Waals surface area contributed by atoms with E-state index < -0.39 is 0 Å². The average molecular weight is 141 g/mol. The zero-order chi connectivity index (χ0) is 7.89. The lowest BCUT2D eigenvalue weighted by Crippen LogP contribution is -2.51. The van der Waals surface area contributed by atoms with E-state index in [1.807, 2.05) is 7.05 Å². The molecule has 0 atom stereocenters. The maximum Gasteiger partial charge on any atom is 0.276 e. The summed E-state index contributed by atoms with van der Waals surface area (Å²) in [5.74, 6) is 0. The van der Waals surface area contributed by atoms with Gasteiger partial charge in [0, 0.05) is 18.6 Å². The molecule has 0 bridgehead atoms. The number of hydrogen-bond acceptors (Lipinski definition) is 0. The lowest BCUT2D eigenvalue weighted by molar-refractivity contribution is -0.909. The van der Waals surface area contributed by atoms with Crippen molar-refractivity contribution in [1.29, 1.82) is 0 Å². The Labute approximate surface area is 61.5 Å². The van der Waals surface area contributed by atoms with E-state index in [0.717, 1.165) is 0 Å². The highest BCUT2D eigenvalue weighted by atomic mass is 15.6. The van der Waals surface area contributed by atoms with E-state index in [2.05, 4.69) is 42.1 Å². The van der Waals surface area contributed by atoms with Crippen molar-refractivity contribution in [2.45, 2.75) is 13.8 Å². The Balaban J connectivity index is 3.44. The highest BCUT2D eigenvalue weighted by Gasteiger charge is 2.22. The molecule has 0 unspecified atom stereocenters. The quantitative estimate of drug-likeness (QED) is 0.423. The molecule has 0 fully saturated rings. The summed E-state index contributed by atoms with van der Waals surface area (Å²) in [6, 6.07) is 0. The van der Waals surface area contributed by atoms with E-state index in [1.54, 1.807) is 0 Å². The van der Waals surface area contributed by atoms with Crippen LogP contribution in [0.1, 0.15) is 11.4 Å². The van der Waals surface area contributed by atoms with E-state index in [0.29, 0.717) is 0 Å². The van der Waals surface area contributed by atoms with Gasteiger partial charge < -0.3 is 0 Å². The number of hydrogen-bond donors (Lipinski definition) is 0. The third kappa shape index (κ3) is 0.735. The van der Waals surface area contributed by atoms with Gasteiger partial charge in [-0.2, -0.15) is 0 Å². The van der Waals surface area contributed by atoms with Crippen molar-refractivity contribution in [1.82, 2.24) is 4.80 Å².